The van der Waals surface area contributed by atoms with Crippen LogP contribution in [0.4, 0.5) is 0 Å². The average Bonchev–Trinajstić information content (AvgIpc) is 3.21. The standard InChI is InChI=1S/C21H20ClN3O4S/c22-17-2-4-18(5-3-17)30(26,27)19(12-23)14-25-9-7-24(8-10-25)13-16-1-6-20-21(11-16)29-15-28-20/h1-6,11,14H,7-10,13,15H2. The normalized spacial score (nSPS) is 17.1. The van der Waals surface area contributed by atoms with Crippen LogP contribution in [0.1, 0.15) is 5.56 Å². The van der Waals surface area contributed by atoms with Gasteiger partial charge in [-0.05, 0) is 42.0 Å². The number of hydrogen-bond donors (Lipinski definition) is 0. The summed E-state index contributed by atoms with van der Waals surface area (Å²) < 4.78 is 36.3. The lowest BCUT2D eigenvalue weighted by atomic mass is 10.1. The highest BCUT2D eigenvalue weighted by Crippen LogP contribution is 2.33. The molecule has 1 saturated heterocycles. The zero-order valence-electron chi connectivity index (χ0n) is 16.1. The third-order valence-electron chi connectivity index (χ3n) is 5.07. The van der Waals surface area contributed by atoms with Crippen molar-refractivity contribution < 1.29 is 17.9 Å². The van der Waals surface area contributed by atoms with Gasteiger partial charge in [0.05, 0.1) is 4.90 Å². The van der Waals surface area contributed by atoms with Crippen molar-refractivity contribution >= 4 is 21.4 Å². The van der Waals surface area contributed by atoms with Crippen molar-refractivity contribution in [1.29, 1.82) is 5.26 Å². The zero-order chi connectivity index (χ0) is 21.1. The first kappa shape index (κ1) is 20.5. The molecule has 0 N–H and O–H groups in total. The van der Waals surface area contributed by atoms with Gasteiger partial charge in [-0.25, -0.2) is 8.42 Å². The lowest BCUT2D eigenvalue weighted by Crippen LogP contribution is -2.43. The summed E-state index contributed by atoms with van der Waals surface area (Å²) in [6, 6.07) is 13.6. The van der Waals surface area contributed by atoms with E-state index in [1.54, 1.807) is 0 Å². The molecule has 0 aromatic heterocycles. The first-order chi connectivity index (χ1) is 14.5. The highest BCUT2D eigenvalue weighted by Gasteiger charge is 2.24. The molecule has 1 fully saturated rings. The largest absolute Gasteiger partial charge is 0.454 e. The predicted octanol–water partition coefficient (Wildman–Crippen LogP) is 3.03. The summed E-state index contributed by atoms with van der Waals surface area (Å²) in [4.78, 5) is 3.94. The van der Waals surface area contributed by atoms with E-state index in [9.17, 15) is 13.7 Å². The molecule has 0 saturated carbocycles. The summed E-state index contributed by atoms with van der Waals surface area (Å²) in [5.41, 5.74) is 1.13. The minimum atomic E-state index is -3.87. The van der Waals surface area contributed by atoms with Gasteiger partial charge >= 0.3 is 0 Å². The Labute approximate surface area is 180 Å². The zero-order valence-corrected chi connectivity index (χ0v) is 17.7. The maximum absolute atomic E-state index is 12.8. The maximum atomic E-state index is 12.8. The summed E-state index contributed by atoms with van der Waals surface area (Å²) in [5.74, 6) is 1.53. The van der Waals surface area contributed by atoms with Gasteiger partial charge in [-0.1, -0.05) is 17.7 Å². The Morgan fingerprint density at radius 1 is 1.07 bits per heavy atom. The molecule has 2 aliphatic heterocycles. The van der Waals surface area contributed by atoms with E-state index in [1.165, 1.54) is 30.5 Å². The van der Waals surface area contributed by atoms with Gasteiger partial charge in [0.15, 0.2) is 16.4 Å². The first-order valence-electron chi connectivity index (χ1n) is 9.43. The van der Waals surface area contributed by atoms with Crippen molar-refractivity contribution in [3.05, 3.63) is 64.2 Å². The highest BCUT2D eigenvalue weighted by atomic mass is 35.5. The van der Waals surface area contributed by atoms with Crippen molar-refractivity contribution in [2.75, 3.05) is 33.0 Å². The summed E-state index contributed by atoms with van der Waals surface area (Å²) in [6.45, 7) is 3.79. The Hall–Kier alpha value is -2.73. The van der Waals surface area contributed by atoms with Crippen molar-refractivity contribution in [2.24, 2.45) is 0 Å². The van der Waals surface area contributed by atoms with Gasteiger partial charge in [-0.3, -0.25) is 4.90 Å². The Balaban J connectivity index is 1.40. The van der Waals surface area contributed by atoms with Crippen molar-refractivity contribution in [3.63, 3.8) is 0 Å². The monoisotopic (exact) mass is 445 g/mol. The van der Waals surface area contributed by atoms with E-state index in [-0.39, 0.29) is 16.6 Å². The molecule has 0 aliphatic carbocycles. The molecule has 9 heteroatoms. The molecule has 2 aliphatic rings. The predicted molar refractivity (Wildman–Crippen MR) is 112 cm³/mol. The number of nitriles is 1. The minimum Gasteiger partial charge on any atom is -0.454 e. The van der Waals surface area contributed by atoms with Crippen LogP contribution in [-0.4, -0.2) is 51.2 Å². The van der Waals surface area contributed by atoms with Crippen LogP contribution in [-0.2, 0) is 16.4 Å². The van der Waals surface area contributed by atoms with Crippen LogP contribution in [0, 0.1) is 11.3 Å². The number of fused-ring (bicyclic) bond motifs is 1. The summed E-state index contributed by atoms with van der Waals surface area (Å²) in [6.07, 6.45) is 1.45. The van der Waals surface area contributed by atoms with Crippen LogP contribution < -0.4 is 9.47 Å². The van der Waals surface area contributed by atoms with Gasteiger partial charge < -0.3 is 14.4 Å². The van der Waals surface area contributed by atoms with Crippen LogP contribution in [0.15, 0.2) is 58.5 Å². The Kier molecular flexibility index (Phi) is 5.86. The average molecular weight is 446 g/mol. The molecule has 0 spiro atoms. The van der Waals surface area contributed by atoms with Gasteiger partial charge in [0.2, 0.25) is 16.6 Å². The number of hydrogen-bond acceptors (Lipinski definition) is 7. The summed E-state index contributed by atoms with van der Waals surface area (Å²) in [5, 5.41) is 9.89. The van der Waals surface area contributed by atoms with E-state index in [2.05, 4.69) is 4.90 Å². The Morgan fingerprint density at radius 2 is 1.77 bits per heavy atom. The van der Waals surface area contributed by atoms with Gasteiger partial charge in [-0.15, -0.1) is 0 Å². The van der Waals surface area contributed by atoms with E-state index in [1.807, 2.05) is 29.2 Å². The topological polar surface area (TPSA) is 82.9 Å². The lowest BCUT2D eigenvalue weighted by Gasteiger charge is -2.34. The van der Waals surface area contributed by atoms with E-state index in [0.717, 1.165) is 36.7 Å². The second-order valence-electron chi connectivity index (χ2n) is 7.06. The number of halogens is 1. The molecule has 156 valence electrons. The lowest BCUT2D eigenvalue weighted by molar-refractivity contribution is 0.161. The fourth-order valence-corrected chi connectivity index (χ4v) is 4.70. The van der Waals surface area contributed by atoms with Crippen LogP contribution in [0.25, 0.3) is 0 Å². The number of allylic oxidation sites excluding steroid dienone is 1. The van der Waals surface area contributed by atoms with Crippen LogP contribution >= 0.6 is 11.6 Å². The molecule has 0 bridgehead atoms. The second kappa shape index (κ2) is 8.56. The molecule has 7 nitrogen and oxygen atoms in total. The molecule has 30 heavy (non-hydrogen) atoms. The number of rotatable bonds is 5. The number of piperazine rings is 1. The molecule has 4 rings (SSSR count). The molecular formula is C21H20ClN3O4S. The van der Waals surface area contributed by atoms with Crippen molar-refractivity contribution in [1.82, 2.24) is 9.80 Å². The number of sulfone groups is 1. The Morgan fingerprint density at radius 3 is 2.47 bits per heavy atom. The van der Waals surface area contributed by atoms with Crippen molar-refractivity contribution in [2.45, 2.75) is 11.4 Å². The van der Waals surface area contributed by atoms with Gasteiger partial charge in [0.1, 0.15) is 6.07 Å². The maximum Gasteiger partial charge on any atom is 0.231 e. The highest BCUT2D eigenvalue weighted by molar-refractivity contribution is 7.95. The minimum absolute atomic E-state index is 0.0566. The smallest absolute Gasteiger partial charge is 0.231 e. The van der Waals surface area contributed by atoms with Gasteiger partial charge in [0, 0.05) is 43.9 Å². The molecule has 2 aromatic rings. The molecule has 0 atom stereocenters. The molecule has 2 heterocycles. The molecule has 0 radical (unpaired) electrons. The number of nitrogens with zero attached hydrogens (tertiary/aromatic N) is 3. The second-order valence-corrected chi connectivity index (χ2v) is 9.42. The molecule has 0 unspecified atom stereocenters. The Bertz CT molecular complexity index is 1100. The molecule has 2 aromatic carbocycles. The fourth-order valence-electron chi connectivity index (χ4n) is 3.41. The first-order valence-corrected chi connectivity index (χ1v) is 11.3. The van der Waals surface area contributed by atoms with Crippen LogP contribution in [0.5, 0.6) is 11.5 Å². The van der Waals surface area contributed by atoms with Gasteiger partial charge in [0.25, 0.3) is 0 Å². The third-order valence-corrected chi connectivity index (χ3v) is 6.99. The quantitative estimate of drug-likeness (QED) is 0.654. The van der Waals surface area contributed by atoms with Gasteiger partial charge in [-0.2, -0.15) is 5.26 Å². The number of ether oxygens (including phenoxy) is 2. The summed E-state index contributed by atoms with van der Waals surface area (Å²) in [7, 11) is -3.87. The fraction of sp³-hybridized carbons (Fsp3) is 0.286. The number of benzene rings is 2. The van der Waals surface area contributed by atoms with Crippen LogP contribution in [0.3, 0.4) is 0 Å². The van der Waals surface area contributed by atoms with E-state index >= 15 is 0 Å². The van der Waals surface area contributed by atoms with E-state index < -0.39 is 9.84 Å². The van der Waals surface area contributed by atoms with Crippen LogP contribution in [0.2, 0.25) is 5.02 Å². The molecule has 0 amide bonds. The SMILES string of the molecule is N#CC(=CN1CCN(Cc2ccc3c(c2)OCO3)CC1)S(=O)(=O)c1ccc(Cl)cc1. The van der Waals surface area contributed by atoms with E-state index in [4.69, 9.17) is 21.1 Å². The summed E-state index contributed by atoms with van der Waals surface area (Å²) >= 11 is 5.83. The van der Waals surface area contributed by atoms with E-state index in [0.29, 0.717) is 18.1 Å². The third kappa shape index (κ3) is 4.38. The van der Waals surface area contributed by atoms with Crippen molar-refractivity contribution in [3.8, 4) is 17.6 Å². The molecular weight excluding hydrogens is 426 g/mol.